The number of hydrogen-bond acceptors (Lipinski definition) is 3. The van der Waals surface area contributed by atoms with E-state index in [9.17, 15) is 17.6 Å². The summed E-state index contributed by atoms with van der Waals surface area (Å²) < 4.78 is 41.2. The molecule has 0 aromatic heterocycles. The van der Waals surface area contributed by atoms with E-state index in [2.05, 4.69) is 10.0 Å². The van der Waals surface area contributed by atoms with Crippen LogP contribution >= 0.6 is 0 Å². The molecule has 1 aliphatic rings. The number of sulfonamides is 1. The van der Waals surface area contributed by atoms with Crippen molar-refractivity contribution in [1.82, 2.24) is 10.0 Å². The average Bonchev–Trinajstić information content (AvgIpc) is 2.81. The molecule has 1 aromatic rings. The van der Waals surface area contributed by atoms with Gasteiger partial charge in [0.15, 0.2) is 0 Å². The molecule has 0 heterocycles. The van der Waals surface area contributed by atoms with Crippen molar-refractivity contribution >= 4 is 15.9 Å². The zero-order valence-corrected chi connectivity index (χ0v) is 15.6. The van der Waals surface area contributed by atoms with Crippen LogP contribution in [0.25, 0.3) is 0 Å². The maximum absolute atomic E-state index is 13.8. The highest BCUT2D eigenvalue weighted by atomic mass is 32.2. The van der Waals surface area contributed by atoms with E-state index in [1.807, 2.05) is 0 Å². The highest BCUT2D eigenvalue weighted by Crippen LogP contribution is 2.19. The Hall–Kier alpha value is -1.47. The molecule has 0 saturated heterocycles. The molecule has 1 aromatic carbocycles. The minimum Gasteiger partial charge on any atom is -0.352 e. The van der Waals surface area contributed by atoms with Gasteiger partial charge in [0, 0.05) is 6.04 Å². The molecular formula is C18H27FN2O3S. The predicted molar refractivity (Wildman–Crippen MR) is 95.0 cm³/mol. The van der Waals surface area contributed by atoms with E-state index < -0.39 is 26.8 Å². The number of amides is 1. The Labute approximate surface area is 149 Å². The zero-order valence-electron chi connectivity index (χ0n) is 14.8. The number of halogens is 1. The standard InChI is InChI=1S/C18H27FN2O3S/c1-13(2)17(18(22)20-14-9-5-3-4-6-10-14)21-25(23,24)16-12-8-7-11-15(16)19/h7-8,11-14,17,21H,3-6,9-10H2,1-2H3,(H,20,22). The van der Waals surface area contributed by atoms with Gasteiger partial charge in [-0.05, 0) is 30.9 Å². The Morgan fingerprint density at radius 1 is 1.12 bits per heavy atom. The molecule has 1 aliphatic carbocycles. The summed E-state index contributed by atoms with van der Waals surface area (Å²) in [6.07, 6.45) is 6.30. The summed E-state index contributed by atoms with van der Waals surface area (Å²) in [6.45, 7) is 3.53. The third-order valence-corrected chi connectivity index (χ3v) is 6.03. The van der Waals surface area contributed by atoms with E-state index in [0.717, 1.165) is 31.7 Å². The van der Waals surface area contributed by atoms with Crippen LogP contribution in [0.15, 0.2) is 29.2 Å². The summed E-state index contributed by atoms with van der Waals surface area (Å²) in [7, 11) is -4.11. The fraction of sp³-hybridized carbons (Fsp3) is 0.611. The molecule has 1 fully saturated rings. The van der Waals surface area contributed by atoms with Crippen LogP contribution in [-0.4, -0.2) is 26.4 Å². The molecule has 1 atom stereocenters. The van der Waals surface area contributed by atoms with Crippen molar-refractivity contribution in [3.63, 3.8) is 0 Å². The van der Waals surface area contributed by atoms with Gasteiger partial charge < -0.3 is 5.32 Å². The molecule has 0 radical (unpaired) electrons. The van der Waals surface area contributed by atoms with E-state index in [1.165, 1.54) is 31.0 Å². The molecule has 1 unspecified atom stereocenters. The van der Waals surface area contributed by atoms with Gasteiger partial charge in [-0.1, -0.05) is 51.7 Å². The maximum Gasteiger partial charge on any atom is 0.244 e. The van der Waals surface area contributed by atoms with Crippen LogP contribution in [0, 0.1) is 11.7 Å². The van der Waals surface area contributed by atoms with Gasteiger partial charge in [0.2, 0.25) is 15.9 Å². The van der Waals surface area contributed by atoms with Crippen LogP contribution in [-0.2, 0) is 14.8 Å². The molecule has 1 amide bonds. The predicted octanol–water partition coefficient (Wildman–Crippen LogP) is 2.97. The zero-order chi connectivity index (χ0) is 18.4. The molecule has 7 heteroatoms. The second-order valence-corrected chi connectivity index (χ2v) is 8.65. The van der Waals surface area contributed by atoms with E-state index in [0.29, 0.717) is 0 Å². The lowest BCUT2D eigenvalue weighted by atomic mass is 10.0. The number of benzene rings is 1. The van der Waals surface area contributed by atoms with Gasteiger partial charge in [0.1, 0.15) is 16.8 Å². The molecule has 0 spiro atoms. The number of carbonyl (C=O) groups is 1. The molecule has 25 heavy (non-hydrogen) atoms. The number of carbonyl (C=O) groups excluding carboxylic acids is 1. The van der Waals surface area contributed by atoms with E-state index >= 15 is 0 Å². The first-order chi connectivity index (χ1) is 11.8. The fourth-order valence-corrected chi connectivity index (χ4v) is 4.52. The lowest BCUT2D eigenvalue weighted by molar-refractivity contribution is -0.124. The minimum absolute atomic E-state index is 0.0780. The minimum atomic E-state index is -4.11. The van der Waals surface area contributed by atoms with Gasteiger partial charge in [-0.15, -0.1) is 0 Å². The SMILES string of the molecule is CC(C)C(NS(=O)(=O)c1ccccc1F)C(=O)NC1CCCCCC1. The third kappa shape index (κ3) is 5.51. The topological polar surface area (TPSA) is 75.3 Å². The van der Waals surface area contributed by atoms with Gasteiger partial charge in [-0.2, -0.15) is 4.72 Å². The normalized spacial score (nSPS) is 17.9. The highest BCUT2D eigenvalue weighted by molar-refractivity contribution is 7.89. The summed E-state index contributed by atoms with van der Waals surface area (Å²) in [4.78, 5) is 12.2. The largest absolute Gasteiger partial charge is 0.352 e. The Bertz CT molecular complexity index is 683. The van der Waals surface area contributed by atoms with Crippen LogP contribution in [0.5, 0.6) is 0 Å². The van der Waals surface area contributed by atoms with Crippen molar-refractivity contribution in [2.24, 2.45) is 5.92 Å². The first kappa shape index (κ1) is 19.8. The fourth-order valence-electron chi connectivity index (χ4n) is 3.10. The van der Waals surface area contributed by atoms with Crippen LogP contribution in [0.2, 0.25) is 0 Å². The molecule has 1 saturated carbocycles. The summed E-state index contributed by atoms with van der Waals surface area (Å²) in [5.41, 5.74) is 0. The first-order valence-electron chi connectivity index (χ1n) is 8.88. The number of hydrogen-bond donors (Lipinski definition) is 2. The Balaban J connectivity index is 2.12. The van der Waals surface area contributed by atoms with Gasteiger partial charge in [-0.3, -0.25) is 4.79 Å². The molecule has 2 rings (SSSR count). The van der Waals surface area contributed by atoms with Crippen LogP contribution in [0.3, 0.4) is 0 Å². The summed E-state index contributed by atoms with van der Waals surface area (Å²) in [5, 5.41) is 2.97. The Morgan fingerprint density at radius 3 is 2.28 bits per heavy atom. The van der Waals surface area contributed by atoms with Crippen LogP contribution < -0.4 is 10.0 Å². The summed E-state index contributed by atoms with van der Waals surface area (Å²) in [5.74, 6) is -1.43. The molecule has 0 aliphatic heterocycles. The summed E-state index contributed by atoms with van der Waals surface area (Å²) in [6, 6.07) is 4.30. The smallest absolute Gasteiger partial charge is 0.244 e. The summed E-state index contributed by atoms with van der Waals surface area (Å²) >= 11 is 0. The lowest BCUT2D eigenvalue weighted by Gasteiger charge is -2.25. The van der Waals surface area contributed by atoms with Gasteiger partial charge in [0.05, 0.1) is 0 Å². The van der Waals surface area contributed by atoms with Gasteiger partial charge in [-0.25, -0.2) is 12.8 Å². The molecular weight excluding hydrogens is 343 g/mol. The van der Waals surface area contributed by atoms with Crippen LogP contribution in [0.1, 0.15) is 52.4 Å². The van der Waals surface area contributed by atoms with Crippen molar-refractivity contribution in [2.75, 3.05) is 0 Å². The third-order valence-electron chi connectivity index (χ3n) is 4.56. The van der Waals surface area contributed by atoms with E-state index in [1.54, 1.807) is 13.8 Å². The first-order valence-corrected chi connectivity index (χ1v) is 10.4. The second kappa shape index (κ2) is 8.76. The van der Waals surface area contributed by atoms with Crippen molar-refractivity contribution in [2.45, 2.75) is 69.4 Å². The second-order valence-electron chi connectivity index (χ2n) is 6.97. The number of rotatable bonds is 6. The van der Waals surface area contributed by atoms with Crippen LogP contribution in [0.4, 0.5) is 4.39 Å². The Kier molecular flexibility index (Phi) is 6.95. The Morgan fingerprint density at radius 2 is 1.72 bits per heavy atom. The molecule has 140 valence electrons. The van der Waals surface area contributed by atoms with Crippen molar-refractivity contribution < 1.29 is 17.6 Å². The molecule has 2 N–H and O–H groups in total. The lowest BCUT2D eigenvalue weighted by Crippen LogP contribution is -2.52. The number of nitrogens with one attached hydrogen (secondary N) is 2. The van der Waals surface area contributed by atoms with Gasteiger partial charge in [0.25, 0.3) is 0 Å². The van der Waals surface area contributed by atoms with Crippen molar-refractivity contribution in [3.05, 3.63) is 30.1 Å². The van der Waals surface area contributed by atoms with E-state index in [-0.39, 0.29) is 17.9 Å². The van der Waals surface area contributed by atoms with Gasteiger partial charge >= 0.3 is 0 Å². The van der Waals surface area contributed by atoms with E-state index in [4.69, 9.17) is 0 Å². The molecule has 0 bridgehead atoms. The molecule has 5 nitrogen and oxygen atoms in total. The van der Waals surface area contributed by atoms with Crippen molar-refractivity contribution in [3.8, 4) is 0 Å². The average molecular weight is 370 g/mol. The quantitative estimate of drug-likeness (QED) is 0.756. The highest BCUT2D eigenvalue weighted by Gasteiger charge is 2.30. The van der Waals surface area contributed by atoms with Crippen molar-refractivity contribution in [1.29, 1.82) is 0 Å². The monoisotopic (exact) mass is 370 g/mol. The maximum atomic E-state index is 13.8.